The van der Waals surface area contributed by atoms with E-state index in [1.807, 2.05) is 6.92 Å². The van der Waals surface area contributed by atoms with Crippen LogP contribution >= 0.6 is 11.6 Å². The number of halogens is 1. The highest BCUT2D eigenvalue weighted by Gasteiger charge is 2.10. The fourth-order valence-electron chi connectivity index (χ4n) is 1.53. The molecule has 0 fully saturated rings. The number of hydrogen-bond acceptors (Lipinski definition) is 4. The number of nitrogens with one attached hydrogen (secondary N) is 1. The Balaban J connectivity index is 2.36. The van der Waals surface area contributed by atoms with Crippen molar-refractivity contribution in [2.24, 2.45) is 0 Å². The molecular formula is C12H12ClN5O. The molecule has 98 valence electrons. The fraction of sp³-hybridized carbons (Fsp3) is 0.250. The Bertz CT molecular complexity index is 682. The topological polar surface area (TPSA) is 64.7 Å². The second kappa shape index (κ2) is 5.59. The van der Waals surface area contributed by atoms with Crippen molar-refractivity contribution in [3.05, 3.63) is 34.0 Å². The van der Waals surface area contributed by atoms with Crippen molar-refractivity contribution < 1.29 is 0 Å². The van der Waals surface area contributed by atoms with Gasteiger partial charge in [-0.2, -0.15) is 10.2 Å². The maximum atomic E-state index is 12.1. The third kappa shape index (κ3) is 2.77. The van der Waals surface area contributed by atoms with Gasteiger partial charge in [0.2, 0.25) is 0 Å². The van der Waals surface area contributed by atoms with Crippen LogP contribution in [0.4, 0.5) is 11.4 Å². The first-order valence-electron chi connectivity index (χ1n) is 5.64. The van der Waals surface area contributed by atoms with Crippen molar-refractivity contribution in [1.82, 2.24) is 19.6 Å². The van der Waals surface area contributed by atoms with E-state index >= 15 is 0 Å². The van der Waals surface area contributed by atoms with Crippen molar-refractivity contribution in [2.45, 2.75) is 20.0 Å². The van der Waals surface area contributed by atoms with Crippen LogP contribution < -0.4 is 10.9 Å². The number of anilines is 2. The van der Waals surface area contributed by atoms with Crippen molar-refractivity contribution in [1.29, 1.82) is 0 Å². The molecule has 6 nitrogen and oxygen atoms in total. The molecular weight excluding hydrogens is 266 g/mol. The standard InChI is InChI=1S/C12H12ClN5O/c1-3-5-18-12(19)11(10(13)7-15-18)16-9-6-14-17(4-2)8-9/h1,6-8,16H,4-5H2,2H3. The minimum atomic E-state index is -0.366. The first kappa shape index (κ1) is 13.2. The number of nitrogens with zero attached hydrogens (tertiary/aromatic N) is 4. The summed E-state index contributed by atoms with van der Waals surface area (Å²) < 4.78 is 2.90. The third-order valence-electron chi connectivity index (χ3n) is 2.47. The molecule has 2 heterocycles. The van der Waals surface area contributed by atoms with Crippen LogP contribution in [0.25, 0.3) is 0 Å². The van der Waals surface area contributed by atoms with Crippen molar-refractivity contribution >= 4 is 23.0 Å². The Hall–Kier alpha value is -2.26. The molecule has 2 aromatic rings. The summed E-state index contributed by atoms with van der Waals surface area (Å²) in [5, 5.41) is 11.1. The first-order chi connectivity index (χ1) is 9.15. The van der Waals surface area contributed by atoms with Gasteiger partial charge in [-0.3, -0.25) is 9.48 Å². The highest BCUT2D eigenvalue weighted by molar-refractivity contribution is 6.33. The molecule has 0 bridgehead atoms. The SMILES string of the molecule is C#CCn1ncc(Cl)c(Nc2cnn(CC)c2)c1=O. The summed E-state index contributed by atoms with van der Waals surface area (Å²) in [6.45, 7) is 2.81. The van der Waals surface area contributed by atoms with E-state index < -0.39 is 0 Å². The van der Waals surface area contributed by atoms with E-state index in [2.05, 4.69) is 21.4 Å². The number of aryl methyl sites for hydroxylation is 1. The molecule has 0 saturated carbocycles. The maximum absolute atomic E-state index is 12.1. The van der Waals surface area contributed by atoms with Gasteiger partial charge in [0.1, 0.15) is 12.2 Å². The lowest BCUT2D eigenvalue weighted by Crippen LogP contribution is -2.24. The molecule has 19 heavy (non-hydrogen) atoms. The molecule has 2 rings (SSSR count). The van der Waals surface area contributed by atoms with E-state index in [-0.39, 0.29) is 22.8 Å². The summed E-state index contributed by atoms with van der Waals surface area (Å²) in [6.07, 6.45) is 9.95. The van der Waals surface area contributed by atoms with Gasteiger partial charge in [-0.05, 0) is 6.92 Å². The molecule has 0 aromatic carbocycles. The zero-order chi connectivity index (χ0) is 13.8. The van der Waals surface area contributed by atoms with Gasteiger partial charge < -0.3 is 5.32 Å². The molecule has 0 atom stereocenters. The Morgan fingerprint density at radius 3 is 2.89 bits per heavy atom. The molecule has 0 aliphatic rings. The smallest absolute Gasteiger partial charge is 0.292 e. The summed E-state index contributed by atoms with van der Waals surface area (Å²) >= 11 is 5.98. The summed E-state index contributed by atoms with van der Waals surface area (Å²) in [5.74, 6) is 2.36. The van der Waals surface area contributed by atoms with Gasteiger partial charge in [-0.1, -0.05) is 17.5 Å². The molecule has 0 spiro atoms. The van der Waals surface area contributed by atoms with Gasteiger partial charge in [0.15, 0.2) is 0 Å². The van der Waals surface area contributed by atoms with Crippen molar-refractivity contribution in [2.75, 3.05) is 5.32 Å². The largest absolute Gasteiger partial charge is 0.347 e. The quantitative estimate of drug-likeness (QED) is 0.860. The van der Waals surface area contributed by atoms with Crippen molar-refractivity contribution in [3.63, 3.8) is 0 Å². The molecule has 7 heteroatoms. The molecule has 0 unspecified atom stereocenters. The predicted molar refractivity (Wildman–Crippen MR) is 73.5 cm³/mol. The van der Waals surface area contributed by atoms with Crippen LogP contribution in [-0.2, 0) is 13.1 Å². The second-order valence-corrected chi connectivity index (χ2v) is 4.15. The van der Waals surface area contributed by atoms with Gasteiger partial charge in [0.25, 0.3) is 5.56 Å². The van der Waals surface area contributed by atoms with E-state index in [1.54, 1.807) is 17.1 Å². The van der Waals surface area contributed by atoms with Crippen LogP contribution in [0.15, 0.2) is 23.4 Å². The van der Waals surface area contributed by atoms with Gasteiger partial charge in [-0.25, -0.2) is 4.68 Å². The lowest BCUT2D eigenvalue weighted by molar-refractivity contribution is 0.660. The number of rotatable bonds is 4. The van der Waals surface area contributed by atoms with Crippen LogP contribution in [0.3, 0.4) is 0 Å². The minimum absolute atomic E-state index is 0.0961. The van der Waals surface area contributed by atoms with Crippen LogP contribution in [0.2, 0.25) is 5.02 Å². The molecule has 0 aliphatic carbocycles. The molecule has 2 aromatic heterocycles. The zero-order valence-electron chi connectivity index (χ0n) is 10.3. The van der Waals surface area contributed by atoms with Crippen LogP contribution in [0, 0.1) is 12.3 Å². The van der Waals surface area contributed by atoms with E-state index in [4.69, 9.17) is 18.0 Å². The average Bonchev–Trinajstić information content (AvgIpc) is 2.86. The van der Waals surface area contributed by atoms with Gasteiger partial charge in [0.05, 0.1) is 23.1 Å². The van der Waals surface area contributed by atoms with Crippen LogP contribution in [0.1, 0.15) is 6.92 Å². The Morgan fingerprint density at radius 2 is 2.26 bits per heavy atom. The average molecular weight is 278 g/mol. The minimum Gasteiger partial charge on any atom is -0.347 e. The summed E-state index contributed by atoms with van der Waals surface area (Å²) in [6, 6.07) is 0. The lowest BCUT2D eigenvalue weighted by atomic mass is 10.4. The van der Waals surface area contributed by atoms with E-state index in [0.717, 1.165) is 6.54 Å². The third-order valence-corrected chi connectivity index (χ3v) is 2.75. The Kier molecular flexibility index (Phi) is 3.88. The molecule has 0 saturated heterocycles. The Labute approximate surface area is 115 Å². The normalized spacial score (nSPS) is 10.2. The first-order valence-corrected chi connectivity index (χ1v) is 6.02. The second-order valence-electron chi connectivity index (χ2n) is 3.74. The van der Waals surface area contributed by atoms with E-state index in [0.29, 0.717) is 5.69 Å². The number of aromatic nitrogens is 4. The van der Waals surface area contributed by atoms with Crippen molar-refractivity contribution in [3.8, 4) is 12.3 Å². The number of terminal acetylenes is 1. The van der Waals surface area contributed by atoms with Crippen LogP contribution in [-0.4, -0.2) is 19.6 Å². The van der Waals surface area contributed by atoms with E-state index in [9.17, 15) is 4.79 Å². The van der Waals surface area contributed by atoms with Gasteiger partial charge >= 0.3 is 0 Å². The maximum Gasteiger partial charge on any atom is 0.292 e. The summed E-state index contributed by atoms with van der Waals surface area (Å²) in [7, 11) is 0. The molecule has 0 radical (unpaired) electrons. The summed E-state index contributed by atoms with van der Waals surface area (Å²) in [5.41, 5.74) is 0.552. The molecule has 0 amide bonds. The Morgan fingerprint density at radius 1 is 1.47 bits per heavy atom. The van der Waals surface area contributed by atoms with E-state index in [1.165, 1.54) is 10.9 Å². The highest BCUT2D eigenvalue weighted by atomic mass is 35.5. The summed E-state index contributed by atoms with van der Waals surface area (Å²) in [4.78, 5) is 12.1. The highest BCUT2D eigenvalue weighted by Crippen LogP contribution is 2.20. The van der Waals surface area contributed by atoms with Gasteiger partial charge in [0, 0.05) is 12.7 Å². The number of hydrogen-bond donors (Lipinski definition) is 1. The van der Waals surface area contributed by atoms with Crippen LogP contribution in [0.5, 0.6) is 0 Å². The zero-order valence-corrected chi connectivity index (χ0v) is 11.1. The predicted octanol–water partition coefficient (Wildman–Crippen LogP) is 1.49. The monoisotopic (exact) mass is 277 g/mol. The van der Waals surface area contributed by atoms with Gasteiger partial charge in [-0.15, -0.1) is 6.42 Å². The molecule has 0 aliphatic heterocycles. The lowest BCUT2D eigenvalue weighted by Gasteiger charge is -2.07. The molecule has 1 N–H and O–H groups in total. The fourth-order valence-corrected chi connectivity index (χ4v) is 1.70.